The number of carbonyl (C=O) groups is 3. The Labute approximate surface area is 190 Å². The predicted octanol–water partition coefficient (Wildman–Crippen LogP) is 1.90. The van der Waals surface area contributed by atoms with Crippen molar-refractivity contribution in [3.63, 3.8) is 0 Å². The molecule has 0 bridgehead atoms. The van der Waals surface area contributed by atoms with Gasteiger partial charge in [0.1, 0.15) is 23.6 Å². The molecule has 3 amide bonds. The van der Waals surface area contributed by atoms with Crippen LogP contribution in [-0.4, -0.2) is 71.1 Å². The summed E-state index contributed by atoms with van der Waals surface area (Å²) >= 11 is 1.71. The van der Waals surface area contributed by atoms with Crippen LogP contribution in [0.2, 0.25) is 0 Å². The van der Waals surface area contributed by atoms with E-state index in [2.05, 4.69) is 5.32 Å². The lowest BCUT2D eigenvalue weighted by Gasteiger charge is -2.40. The molecular formula is C23H25N3O5S. The van der Waals surface area contributed by atoms with Gasteiger partial charge in [0.25, 0.3) is 5.91 Å². The lowest BCUT2D eigenvalue weighted by Crippen LogP contribution is -2.64. The van der Waals surface area contributed by atoms with Crippen LogP contribution in [0.1, 0.15) is 29.0 Å². The number of methoxy groups -OCH3 is 1. The first-order valence-corrected chi connectivity index (χ1v) is 11.8. The van der Waals surface area contributed by atoms with E-state index in [9.17, 15) is 14.4 Å². The minimum Gasteiger partial charge on any atom is -0.497 e. The third-order valence-electron chi connectivity index (χ3n) is 6.47. The maximum absolute atomic E-state index is 13.4. The van der Waals surface area contributed by atoms with Crippen molar-refractivity contribution in [3.05, 3.63) is 54.0 Å². The molecule has 3 aliphatic heterocycles. The fourth-order valence-corrected chi connectivity index (χ4v) is 5.99. The number of carbonyl (C=O) groups excluding carboxylic acids is 3. The Hall–Kier alpha value is -2.94. The van der Waals surface area contributed by atoms with Crippen molar-refractivity contribution in [1.82, 2.24) is 15.1 Å². The monoisotopic (exact) mass is 455 g/mol. The van der Waals surface area contributed by atoms with Crippen LogP contribution in [-0.2, 0) is 15.3 Å². The van der Waals surface area contributed by atoms with Crippen LogP contribution in [0, 0.1) is 0 Å². The molecule has 3 aliphatic rings. The van der Waals surface area contributed by atoms with Gasteiger partial charge >= 0.3 is 0 Å². The summed E-state index contributed by atoms with van der Waals surface area (Å²) in [6.07, 6.45) is 2.87. The minimum absolute atomic E-state index is 0.00287. The highest BCUT2D eigenvalue weighted by Crippen LogP contribution is 2.37. The Morgan fingerprint density at radius 2 is 2.00 bits per heavy atom. The first kappa shape index (κ1) is 20.9. The molecule has 8 nitrogen and oxygen atoms in total. The van der Waals surface area contributed by atoms with Gasteiger partial charge in [-0.25, -0.2) is 0 Å². The van der Waals surface area contributed by atoms with Crippen molar-refractivity contribution >= 4 is 29.5 Å². The second kappa shape index (κ2) is 8.54. The largest absolute Gasteiger partial charge is 0.497 e. The highest BCUT2D eigenvalue weighted by atomic mass is 32.2. The van der Waals surface area contributed by atoms with Gasteiger partial charge in [0.15, 0.2) is 0 Å². The Morgan fingerprint density at radius 3 is 2.72 bits per heavy atom. The molecule has 4 heterocycles. The lowest BCUT2D eigenvalue weighted by atomic mass is 10.0. The summed E-state index contributed by atoms with van der Waals surface area (Å²) < 4.78 is 10.5. The van der Waals surface area contributed by atoms with Gasteiger partial charge in [-0.15, -0.1) is 11.8 Å². The molecule has 1 aromatic carbocycles. The number of piperazine rings is 1. The first-order chi connectivity index (χ1) is 15.5. The fraction of sp³-hybridized carbons (Fsp3) is 0.435. The van der Waals surface area contributed by atoms with Crippen LogP contribution in [0.4, 0.5) is 0 Å². The van der Waals surface area contributed by atoms with Crippen molar-refractivity contribution in [2.75, 3.05) is 20.2 Å². The number of benzene rings is 1. The quantitative estimate of drug-likeness (QED) is 0.716. The van der Waals surface area contributed by atoms with E-state index < -0.39 is 18.1 Å². The van der Waals surface area contributed by atoms with E-state index in [-0.39, 0.29) is 23.0 Å². The average Bonchev–Trinajstić information content (AvgIpc) is 3.56. The zero-order chi connectivity index (χ0) is 22.2. The molecule has 0 unspecified atom stereocenters. The molecule has 9 heteroatoms. The van der Waals surface area contributed by atoms with Gasteiger partial charge in [-0.2, -0.15) is 0 Å². The standard InChI is InChI=1S/C23H25N3O5S/c1-30-15-6-4-14(5-7-15)21(27)24-18-8-9-25-20(18)23(29)26-12-17(11-19(26)22(25)28)32-13-16-3-2-10-31-16/h2-7,10,17-20H,8-9,11-13H2,1H3,(H,24,27)/t17-,18-,19-,20-/m0/s1. The molecule has 0 saturated carbocycles. The Kier molecular flexibility index (Phi) is 5.58. The highest BCUT2D eigenvalue weighted by Gasteiger charge is 2.55. The maximum atomic E-state index is 13.4. The summed E-state index contributed by atoms with van der Waals surface area (Å²) in [5.74, 6) is 1.95. The number of nitrogens with one attached hydrogen (secondary N) is 1. The van der Waals surface area contributed by atoms with Crippen LogP contribution in [0.5, 0.6) is 5.75 Å². The molecule has 1 aromatic heterocycles. The van der Waals surface area contributed by atoms with Crippen molar-refractivity contribution in [2.45, 2.75) is 42.0 Å². The van der Waals surface area contributed by atoms with Gasteiger partial charge < -0.3 is 24.3 Å². The zero-order valence-corrected chi connectivity index (χ0v) is 18.5. The second-order valence-electron chi connectivity index (χ2n) is 8.33. The molecule has 0 radical (unpaired) electrons. The van der Waals surface area contributed by atoms with Crippen LogP contribution < -0.4 is 10.1 Å². The van der Waals surface area contributed by atoms with E-state index in [4.69, 9.17) is 9.15 Å². The van der Waals surface area contributed by atoms with Gasteiger partial charge in [0.2, 0.25) is 11.8 Å². The molecule has 0 spiro atoms. The number of hydrogen-bond acceptors (Lipinski definition) is 6. The summed E-state index contributed by atoms with van der Waals surface area (Å²) in [4.78, 5) is 42.7. The number of ether oxygens (including phenoxy) is 1. The summed E-state index contributed by atoms with van der Waals surface area (Å²) in [6, 6.07) is 9.18. The summed E-state index contributed by atoms with van der Waals surface area (Å²) in [5, 5.41) is 3.16. The molecule has 168 valence electrons. The molecule has 0 aliphatic carbocycles. The highest BCUT2D eigenvalue weighted by molar-refractivity contribution is 7.99. The average molecular weight is 456 g/mol. The molecule has 2 aromatic rings. The van der Waals surface area contributed by atoms with E-state index in [0.717, 1.165) is 5.76 Å². The van der Waals surface area contributed by atoms with Crippen LogP contribution in [0.3, 0.4) is 0 Å². The minimum atomic E-state index is -0.630. The molecule has 3 saturated heterocycles. The van der Waals surface area contributed by atoms with Crippen molar-refractivity contribution in [3.8, 4) is 5.75 Å². The van der Waals surface area contributed by atoms with Gasteiger partial charge in [-0.1, -0.05) is 0 Å². The maximum Gasteiger partial charge on any atom is 0.251 e. The van der Waals surface area contributed by atoms with Gasteiger partial charge in [0, 0.05) is 23.9 Å². The van der Waals surface area contributed by atoms with E-state index in [0.29, 0.717) is 43.0 Å². The van der Waals surface area contributed by atoms with Crippen molar-refractivity contribution < 1.29 is 23.5 Å². The van der Waals surface area contributed by atoms with Crippen molar-refractivity contribution in [2.24, 2.45) is 0 Å². The zero-order valence-electron chi connectivity index (χ0n) is 17.7. The van der Waals surface area contributed by atoms with Crippen LogP contribution in [0.25, 0.3) is 0 Å². The van der Waals surface area contributed by atoms with E-state index >= 15 is 0 Å². The number of nitrogens with zero attached hydrogens (tertiary/aromatic N) is 2. The number of furan rings is 1. The van der Waals surface area contributed by atoms with E-state index in [1.165, 1.54) is 0 Å². The smallest absolute Gasteiger partial charge is 0.251 e. The normalized spacial score (nSPS) is 26.8. The SMILES string of the molecule is COc1ccc(C(=O)N[C@H]2CCN3C(=O)[C@@H]4C[C@H](SCc5ccco5)CN4C(=O)[C@H]23)cc1. The molecule has 3 fully saturated rings. The molecule has 32 heavy (non-hydrogen) atoms. The lowest BCUT2D eigenvalue weighted by molar-refractivity contribution is -0.157. The summed E-state index contributed by atoms with van der Waals surface area (Å²) in [6.45, 7) is 1.03. The number of hydrogen-bond donors (Lipinski definition) is 1. The Morgan fingerprint density at radius 1 is 1.19 bits per heavy atom. The number of thioether (sulfide) groups is 1. The number of fused-ring (bicyclic) bond motifs is 2. The molecule has 1 N–H and O–H groups in total. The molecular weight excluding hydrogens is 430 g/mol. The third-order valence-corrected chi connectivity index (χ3v) is 7.74. The van der Waals surface area contributed by atoms with Gasteiger partial charge in [-0.05, 0) is 49.2 Å². The topological polar surface area (TPSA) is 92.1 Å². The summed E-state index contributed by atoms with van der Waals surface area (Å²) in [5.41, 5.74) is 0.493. The van der Waals surface area contributed by atoms with Crippen molar-refractivity contribution in [1.29, 1.82) is 0 Å². The molecule has 4 atom stereocenters. The van der Waals surface area contributed by atoms with Gasteiger partial charge in [0.05, 0.1) is 25.2 Å². The number of amides is 3. The summed E-state index contributed by atoms with van der Waals surface area (Å²) in [7, 11) is 1.57. The molecule has 5 rings (SSSR count). The number of rotatable bonds is 6. The first-order valence-electron chi connectivity index (χ1n) is 10.7. The van der Waals surface area contributed by atoms with E-state index in [1.54, 1.807) is 59.2 Å². The van der Waals surface area contributed by atoms with E-state index in [1.807, 2.05) is 12.1 Å². The Bertz CT molecular complexity index is 1010. The van der Waals surface area contributed by atoms with Crippen LogP contribution >= 0.6 is 11.8 Å². The fourth-order valence-electron chi connectivity index (χ4n) is 4.84. The second-order valence-corrected chi connectivity index (χ2v) is 9.62. The van der Waals surface area contributed by atoms with Gasteiger partial charge in [-0.3, -0.25) is 14.4 Å². The third kappa shape index (κ3) is 3.74. The van der Waals surface area contributed by atoms with Crippen LogP contribution in [0.15, 0.2) is 47.1 Å². The Balaban J connectivity index is 1.25. The predicted molar refractivity (Wildman–Crippen MR) is 118 cm³/mol.